The molecular formula is C27H23F3N6O4. The van der Waals surface area contributed by atoms with Gasteiger partial charge >= 0.3 is 12.3 Å². The molecule has 0 aliphatic rings. The Kier molecular flexibility index (Phi) is 6.24. The summed E-state index contributed by atoms with van der Waals surface area (Å²) >= 11 is 0. The lowest BCUT2D eigenvalue weighted by Gasteiger charge is -2.19. The summed E-state index contributed by atoms with van der Waals surface area (Å²) in [7, 11) is 1.39. The number of hydrogen-bond acceptors (Lipinski definition) is 7. The number of amides is 1. The predicted molar refractivity (Wildman–Crippen MR) is 139 cm³/mol. The van der Waals surface area contributed by atoms with Crippen LogP contribution >= 0.6 is 0 Å². The normalized spacial score (nSPS) is 12.2. The molecule has 0 unspecified atom stereocenters. The van der Waals surface area contributed by atoms with E-state index in [1.807, 2.05) is 0 Å². The van der Waals surface area contributed by atoms with Crippen molar-refractivity contribution in [2.45, 2.75) is 32.5 Å². The molecular weight excluding hydrogens is 529 g/mol. The number of pyridine rings is 1. The third-order valence-electron chi connectivity index (χ3n) is 5.98. The number of halogens is 3. The van der Waals surface area contributed by atoms with Crippen LogP contribution in [-0.2, 0) is 10.9 Å². The number of benzene rings is 2. The van der Waals surface area contributed by atoms with Crippen LogP contribution < -0.4 is 10.5 Å². The number of fused-ring (bicyclic) bond motifs is 2. The van der Waals surface area contributed by atoms with Crippen molar-refractivity contribution in [2.24, 2.45) is 5.73 Å². The lowest BCUT2D eigenvalue weighted by Crippen LogP contribution is -2.27. The van der Waals surface area contributed by atoms with Crippen LogP contribution in [0.4, 0.5) is 18.0 Å². The van der Waals surface area contributed by atoms with Crippen LogP contribution in [0.5, 0.6) is 5.88 Å². The third kappa shape index (κ3) is 4.59. The number of hydrogen-bond donors (Lipinski definition) is 1. The summed E-state index contributed by atoms with van der Waals surface area (Å²) in [5, 5.41) is 9.62. The van der Waals surface area contributed by atoms with Crippen LogP contribution in [0.2, 0.25) is 0 Å². The van der Waals surface area contributed by atoms with Crippen LogP contribution in [0, 0.1) is 0 Å². The summed E-state index contributed by atoms with van der Waals surface area (Å²) < 4.78 is 56.0. The maximum Gasteiger partial charge on any atom is 0.435 e. The Morgan fingerprint density at radius 2 is 1.77 bits per heavy atom. The Morgan fingerprint density at radius 3 is 2.42 bits per heavy atom. The van der Waals surface area contributed by atoms with E-state index in [1.165, 1.54) is 49.8 Å². The molecule has 0 saturated heterocycles. The summed E-state index contributed by atoms with van der Waals surface area (Å²) in [4.78, 5) is 29.4. The van der Waals surface area contributed by atoms with Gasteiger partial charge in [-0.05, 0) is 45.0 Å². The van der Waals surface area contributed by atoms with Gasteiger partial charge in [-0.3, -0.25) is 4.79 Å². The standard InChI is InChI=1S/C27H23F3N6O4/c1-26(2,3)40-25(38)36-19-12-14(8-9-15(19)13-33-36)21-20(23(31)37)22(27(28,29)30)35(34-21)18-7-5-6-17-16(18)10-11-32-24(17)39-4/h5-13H,1-4H3,(H2,31,37). The van der Waals surface area contributed by atoms with Gasteiger partial charge in [0.15, 0.2) is 5.69 Å². The van der Waals surface area contributed by atoms with Crippen molar-refractivity contribution in [3.8, 4) is 22.8 Å². The highest BCUT2D eigenvalue weighted by molar-refractivity contribution is 6.02. The highest BCUT2D eigenvalue weighted by atomic mass is 19.4. The molecule has 13 heteroatoms. The van der Waals surface area contributed by atoms with E-state index < -0.39 is 35.0 Å². The molecule has 0 saturated carbocycles. The van der Waals surface area contributed by atoms with Crippen molar-refractivity contribution in [1.29, 1.82) is 0 Å². The van der Waals surface area contributed by atoms with Gasteiger partial charge in [0.05, 0.1) is 30.1 Å². The van der Waals surface area contributed by atoms with Gasteiger partial charge in [-0.1, -0.05) is 18.2 Å². The highest BCUT2D eigenvalue weighted by Crippen LogP contribution is 2.40. The summed E-state index contributed by atoms with van der Waals surface area (Å²) in [6, 6.07) is 10.5. The van der Waals surface area contributed by atoms with Gasteiger partial charge in [0, 0.05) is 27.9 Å². The lowest BCUT2D eigenvalue weighted by molar-refractivity contribution is -0.143. The number of alkyl halides is 3. The van der Waals surface area contributed by atoms with Gasteiger partial charge in [-0.25, -0.2) is 14.5 Å². The molecule has 2 aromatic carbocycles. The van der Waals surface area contributed by atoms with E-state index in [0.29, 0.717) is 20.8 Å². The zero-order chi connectivity index (χ0) is 29.0. The number of aromatic nitrogens is 5. The largest absolute Gasteiger partial charge is 0.481 e. The minimum absolute atomic E-state index is 0.0270. The zero-order valence-corrected chi connectivity index (χ0v) is 21.8. The highest BCUT2D eigenvalue weighted by Gasteiger charge is 2.43. The molecule has 1 amide bonds. The molecule has 5 rings (SSSR count). The van der Waals surface area contributed by atoms with E-state index in [4.69, 9.17) is 15.2 Å². The fraction of sp³-hybridized carbons (Fsp3) is 0.222. The van der Waals surface area contributed by atoms with E-state index in [1.54, 1.807) is 32.9 Å². The molecule has 3 aromatic heterocycles. The number of carbonyl (C=O) groups excluding carboxylic acids is 2. The Bertz CT molecular complexity index is 1800. The van der Waals surface area contributed by atoms with Gasteiger partial charge in [0.1, 0.15) is 11.3 Å². The van der Waals surface area contributed by atoms with Crippen molar-refractivity contribution in [3.05, 3.63) is 66.1 Å². The first-order valence-corrected chi connectivity index (χ1v) is 11.9. The van der Waals surface area contributed by atoms with Crippen molar-refractivity contribution in [3.63, 3.8) is 0 Å². The summed E-state index contributed by atoms with van der Waals surface area (Å²) in [6.07, 6.45) is -3.00. The molecule has 0 spiro atoms. The molecule has 10 nitrogen and oxygen atoms in total. The summed E-state index contributed by atoms with van der Waals surface area (Å²) in [6.45, 7) is 5.06. The predicted octanol–water partition coefficient (Wildman–Crippen LogP) is 5.35. The van der Waals surface area contributed by atoms with Gasteiger partial charge in [0.25, 0.3) is 5.91 Å². The maximum absolute atomic E-state index is 14.6. The monoisotopic (exact) mass is 552 g/mol. The molecule has 0 atom stereocenters. The Labute approximate surface area is 225 Å². The SMILES string of the molecule is COc1nccc2c(-n3nc(-c4ccc5cnn(C(=O)OC(C)(C)C)c5c4)c(C(N)=O)c3C(F)(F)F)cccc12. The molecule has 2 N–H and O–H groups in total. The maximum atomic E-state index is 14.6. The first-order chi connectivity index (χ1) is 18.8. The number of carbonyl (C=O) groups is 2. The smallest absolute Gasteiger partial charge is 0.435 e. The van der Waals surface area contributed by atoms with Crippen molar-refractivity contribution in [1.82, 2.24) is 24.5 Å². The van der Waals surface area contributed by atoms with E-state index in [0.717, 1.165) is 4.68 Å². The van der Waals surface area contributed by atoms with Gasteiger partial charge in [-0.15, -0.1) is 0 Å². The Morgan fingerprint density at radius 1 is 1.02 bits per heavy atom. The Balaban J connectivity index is 1.78. The topological polar surface area (TPSA) is 127 Å². The van der Waals surface area contributed by atoms with Crippen molar-refractivity contribution >= 4 is 33.7 Å². The average molecular weight is 553 g/mol. The Hall–Kier alpha value is -4.94. The second kappa shape index (κ2) is 9.36. The van der Waals surface area contributed by atoms with Crippen LogP contribution in [0.25, 0.3) is 38.6 Å². The van der Waals surface area contributed by atoms with Crippen LogP contribution in [-0.4, -0.2) is 49.3 Å². The van der Waals surface area contributed by atoms with E-state index >= 15 is 0 Å². The lowest BCUT2D eigenvalue weighted by atomic mass is 10.0. The van der Waals surface area contributed by atoms with Gasteiger partial charge in [0.2, 0.25) is 5.88 Å². The quantitative estimate of drug-likeness (QED) is 0.319. The molecule has 0 aliphatic carbocycles. The second-order valence-electron chi connectivity index (χ2n) is 9.85. The second-order valence-corrected chi connectivity index (χ2v) is 9.85. The van der Waals surface area contributed by atoms with Crippen LogP contribution in [0.1, 0.15) is 36.8 Å². The van der Waals surface area contributed by atoms with E-state index in [2.05, 4.69) is 15.2 Å². The van der Waals surface area contributed by atoms with E-state index in [-0.39, 0.29) is 28.3 Å². The minimum atomic E-state index is -5.02. The molecule has 3 heterocycles. The minimum Gasteiger partial charge on any atom is -0.481 e. The average Bonchev–Trinajstić information content (AvgIpc) is 3.49. The first kappa shape index (κ1) is 26.7. The van der Waals surface area contributed by atoms with Crippen molar-refractivity contribution < 1.29 is 32.2 Å². The number of primary amides is 1. The molecule has 0 radical (unpaired) electrons. The fourth-order valence-corrected chi connectivity index (χ4v) is 4.42. The number of ether oxygens (including phenoxy) is 2. The van der Waals surface area contributed by atoms with Gasteiger partial charge in [-0.2, -0.15) is 28.1 Å². The zero-order valence-electron chi connectivity index (χ0n) is 21.8. The molecule has 206 valence electrons. The first-order valence-electron chi connectivity index (χ1n) is 11.9. The molecule has 5 aromatic rings. The molecule has 0 aliphatic heterocycles. The van der Waals surface area contributed by atoms with Crippen LogP contribution in [0.3, 0.4) is 0 Å². The molecule has 0 fully saturated rings. The number of nitrogens with two attached hydrogens (primary N) is 1. The van der Waals surface area contributed by atoms with Gasteiger partial charge < -0.3 is 15.2 Å². The third-order valence-corrected chi connectivity index (χ3v) is 5.98. The molecule has 40 heavy (non-hydrogen) atoms. The number of nitrogens with zero attached hydrogens (tertiary/aromatic N) is 5. The van der Waals surface area contributed by atoms with Crippen LogP contribution in [0.15, 0.2) is 54.9 Å². The summed E-state index contributed by atoms with van der Waals surface area (Å²) in [5.41, 5.74) is 2.59. The number of methoxy groups -OCH3 is 1. The summed E-state index contributed by atoms with van der Waals surface area (Å²) in [5.74, 6) is -1.12. The number of rotatable bonds is 4. The fourth-order valence-electron chi connectivity index (χ4n) is 4.42. The molecule has 0 bridgehead atoms. The van der Waals surface area contributed by atoms with Crippen molar-refractivity contribution in [2.75, 3.05) is 7.11 Å². The van der Waals surface area contributed by atoms with E-state index in [9.17, 15) is 22.8 Å².